The van der Waals surface area contributed by atoms with E-state index in [9.17, 15) is 15.0 Å². The van der Waals surface area contributed by atoms with Gasteiger partial charge in [-0.3, -0.25) is 4.79 Å². The summed E-state index contributed by atoms with van der Waals surface area (Å²) in [7, 11) is 0. The van der Waals surface area contributed by atoms with Crippen LogP contribution in [0.1, 0.15) is 25.0 Å². The number of nitrogens with zero attached hydrogens (tertiary/aromatic N) is 2. The smallest absolute Gasteiger partial charge is 0.257 e. The fourth-order valence-electron chi connectivity index (χ4n) is 3.67. The number of aromatic nitrogens is 2. The number of aliphatic hydroxyl groups excluding tert-OH is 2. The average Bonchev–Trinajstić information content (AvgIpc) is 3.19. The summed E-state index contributed by atoms with van der Waals surface area (Å²) < 4.78 is 0. The van der Waals surface area contributed by atoms with Gasteiger partial charge in [0.1, 0.15) is 18.3 Å². The van der Waals surface area contributed by atoms with Gasteiger partial charge >= 0.3 is 0 Å². The highest BCUT2D eigenvalue weighted by Crippen LogP contribution is 2.31. The first kappa shape index (κ1) is 18.2. The second kappa shape index (κ2) is 7.10. The minimum Gasteiger partial charge on any atom is -0.374 e. The summed E-state index contributed by atoms with van der Waals surface area (Å²) in [5.41, 5.74) is 4.11. The Morgan fingerprint density at radius 1 is 1.21 bits per heavy atom. The third-order valence-corrected chi connectivity index (χ3v) is 4.95. The number of carbonyl (C=O) groups is 1. The van der Waals surface area contributed by atoms with Crippen molar-refractivity contribution in [3.63, 3.8) is 0 Å². The van der Waals surface area contributed by atoms with Crippen LogP contribution in [0.25, 0.3) is 16.5 Å². The predicted molar refractivity (Wildman–Crippen MR) is 109 cm³/mol. The van der Waals surface area contributed by atoms with Gasteiger partial charge in [-0.25, -0.2) is 4.98 Å². The molecule has 0 fully saturated rings. The van der Waals surface area contributed by atoms with Gasteiger partial charge in [-0.05, 0) is 56.2 Å². The van der Waals surface area contributed by atoms with Crippen molar-refractivity contribution in [2.45, 2.75) is 32.7 Å². The van der Waals surface area contributed by atoms with Gasteiger partial charge in [0, 0.05) is 40.1 Å². The zero-order valence-electron chi connectivity index (χ0n) is 15.7. The molecule has 0 aliphatic carbocycles. The third kappa shape index (κ3) is 3.15. The van der Waals surface area contributed by atoms with Crippen molar-refractivity contribution in [1.29, 1.82) is 0 Å². The molecule has 2 unspecified atom stereocenters. The standard InChI is InChI=1S/C21H22N4O3/c1-12(26)25(13(2)27)15-6-8-19-18(10-15)14(11-23-19)5-7-17-16-4-3-9-22-20(16)24-21(17)28/h3-4,6-13,23,26-27H,5H2,1-2H3,(H,22,24,28). The van der Waals surface area contributed by atoms with Crippen LogP contribution >= 0.6 is 0 Å². The van der Waals surface area contributed by atoms with Crippen LogP contribution in [-0.4, -0.2) is 38.5 Å². The van der Waals surface area contributed by atoms with Crippen LogP contribution in [0, 0.1) is 0 Å². The number of rotatable bonds is 5. The molecule has 0 bridgehead atoms. The SMILES string of the molecule is CC(O)N(c1ccc2[nH]cc(CC=C3C(=O)Nc4ncccc43)c2c1)C(C)O. The van der Waals surface area contributed by atoms with E-state index in [-0.39, 0.29) is 5.91 Å². The van der Waals surface area contributed by atoms with Crippen LogP contribution in [0.5, 0.6) is 0 Å². The van der Waals surface area contributed by atoms with Crippen molar-refractivity contribution in [3.8, 4) is 0 Å². The lowest BCUT2D eigenvalue weighted by Gasteiger charge is -2.30. The number of H-pyrrole nitrogens is 1. The molecule has 1 aliphatic rings. The van der Waals surface area contributed by atoms with Gasteiger partial charge in [0.2, 0.25) is 0 Å². The maximum Gasteiger partial charge on any atom is 0.257 e. The molecule has 7 heteroatoms. The number of fused-ring (bicyclic) bond motifs is 2. The minimum absolute atomic E-state index is 0.149. The number of nitrogens with one attached hydrogen (secondary N) is 2. The first-order valence-corrected chi connectivity index (χ1v) is 9.17. The molecule has 0 saturated heterocycles. The molecule has 0 saturated carbocycles. The molecule has 1 aromatic carbocycles. The molecule has 0 radical (unpaired) electrons. The fraction of sp³-hybridized carbons (Fsp3) is 0.238. The lowest BCUT2D eigenvalue weighted by atomic mass is 10.0. The van der Waals surface area contributed by atoms with Crippen molar-refractivity contribution in [2.24, 2.45) is 0 Å². The topological polar surface area (TPSA) is 101 Å². The van der Waals surface area contributed by atoms with Crippen molar-refractivity contribution >= 4 is 33.9 Å². The molecule has 2 aromatic heterocycles. The molecular weight excluding hydrogens is 356 g/mol. The van der Waals surface area contributed by atoms with Crippen molar-refractivity contribution in [2.75, 3.05) is 10.2 Å². The molecule has 4 rings (SSSR count). The molecule has 3 aromatic rings. The maximum atomic E-state index is 12.3. The molecule has 0 spiro atoms. The van der Waals surface area contributed by atoms with E-state index in [1.165, 1.54) is 4.90 Å². The Labute approximate surface area is 162 Å². The Balaban J connectivity index is 1.68. The third-order valence-electron chi connectivity index (χ3n) is 4.95. The van der Waals surface area contributed by atoms with E-state index in [0.717, 1.165) is 27.7 Å². The van der Waals surface area contributed by atoms with Crippen molar-refractivity contribution in [1.82, 2.24) is 9.97 Å². The van der Waals surface area contributed by atoms with Gasteiger partial charge in [-0.2, -0.15) is 0 Å². The van der Waals surface area contributed by atoms with E-state index < -0.39 is 12.5 Å². The van der Waals surface area contributed by atoms with Crippen molar-refractivity contribution in [3.05, 3.63) is 59.9 Å². The first-order valence-electron chi connectivity index (χ1n) is 9.17. The van der Waals surface area contributed by atoms with Crippen LogP contribution in [0.4, 0.5) is 11.5 Å². The summed E-state index contributed by atoms with van der Waals surface area (Å²) in [5.74, 6) is 0.438. The van der Waals surface area contributed by atoms with Gasteiger partial charge < -0.3 is 25.4 Å². The number of anilines is 2. The van der Waals surface area contributed by atoms with Crippen LogP contribution in [0.2, 0.25) is 0 Å². The zero-order valence-corrected chi connectivity index (χ0v) is 15.7. The van der Waals surface area contributed by atoms with Crippen molar-refractivity contribution < 1.29 is 15.0 Å². The first-order chi connectivity index (χ1) is 13.5. The van der Waals surface area contributed by atoms with Crippen LogP contribution < -0.4 is 10.2 Å². The highest BCUT2D eigenvalue weighted by Gasteiger charge is 2.24. The lowest BCUT2D eigenvalue weighted by molar-refractivity contribution is -0.110. The summed E-state index contributed by atoms with van der Waals surface area (Å²) in [5, 5.41) is 23.7. The number of allylic oxidation sites excluding steroid dienone is 1. The Hall–Kier alpha value is -3.16. The number of aliphatic hydroxyl groups is 2. The number of benzene rings is 1. The molecule has 1 aliphatic heterocycles. The van der Waals surface area contributed by atoms with Gasteiger partial charge in [-0.15, -0.1) is 0 Å². The van der Waals surface area contributed by atoms with E-state index in [0.29, 0.717) is 17.8 Å². The maximum absolute atomic E-state index is 12.3. The fourth-order valence-corrected chi connectivity index (χ4v) is 3.67. The largest absolute Gasteiger partial charge is 0.374 e. The Kier molecular flexibility index (Phi) is 4.62. The second-order valence-electron chi connectivity index (χ2n) is 6.89. The normalized spacial score (nSPS) is 16.9. The number of amides is 1. The number of pyridine rings is 1. The van der Waals surface area contributed by atoms with E-state index in [4.69, 9.17) is 0 Å². The van der Waals surface area contributed by atoms with Crippen LogP contribution in [0.3, 0.4) is 0 Å². The monoisotopic (exact) mass is 378 g/mol. The summed E-state index contributed by atoms with van der Waals surface area (Å²) >= 11 is 0. The van der Waals surface area contributed by atoms with E-state index in [2.05, 4.69) is 15.3 Å². The number of hydrogen-bond acceptors (Lipinski definition) is 5. The molecule has 4 N–H and O–H groups in total. The lowest BCUT2D eigenvalue weighted by Crippen LogP contribution is -2.40. The minimum atomic E-state index is -0.826. The number of aromatic amines is 1. The van der Waals surface area contributed by atoms with E-state index >= 15 is 0 Å². The van der Waals surface area contributed by atoms with E-state index in [1.807, 2.05) is 42.6 Å². The molecule has 3 heterocycles. The Bertz CT molecular complexity index is 1060. The van der Waals surface area contributed by atoms with Gasteiger partial charge in [0.25, 0.3) is 5.91 Å². The highest BCUT2D eigenvalue weighted by atomic mass is 16.3. The van der Waals surface area contributed by atoms with Gasteiger partial charge in [-0.1, -0.05) is 6.08 Å². The van der Waals surface area contributed by atoms with Gasteiger partial charge in [0.15, 0.2) is 0 Å². The Morgan fingerprint density at radius 3 is 2.75 bits per heavy atom. The van der Waals surface area contributed by atoms with Crippen LogP contribution in [0.15, 0.2) is 48.8 Å². The predicted octanol–water partition coefficient (Wildman–Crippen LogP) is 2.62. The van der Waals surface area contributed by atoms with Gasteiger partial charge in [0.05, 0.1) is 0 Å². The summed E-state index contributed by atoms with van der Waals surface area (Å²) in [6.07, 6.45) is 4.38. The van der Waals surface area contributed by atoms with E-state index in [1.54, 1.807) is 20.0 Å². The average molecular weight is 378 g/mol. The molecule has 7 nitrogen and oxygen atoms in total. The summed E-state index contributed by atoms with van der Waals surface area (Å²) in [4.78, 5) is 21.2. The Morgan fingerprint density at radius 2 is 2.00 bits per heavy atom. The molecule has 28 heavy (non-hydrogen) atoms. The number of carbonyl (C=O) groups excluding carboxylic acids is 1. The summed E-state index contributed by atoms with van der Waals surface area (Å²) in [6, 6.07) is 9.39. The second-order valence-corrected chi connectivity index (χ2v) is 6.89. The quantitative estimate of drug-likeness (QED) is 0.404. The molecule has 1 amide bonds. The molecular formula is C21H22N4O3. The summed E-state index contributed by atoms with van der Waals surface area (Å²) in [6.45, 7) is 3.23. The highest BCUT2D eigenvalue weighted by molar-refractivity contribution is 6.31. The molecule has 2 atom stereocenters. The zero-order chi connectivity index (χ0) is 19.8. The molecule has 144 valence electrons. The number of hydrogen-bond donors (Lipinski definition) is 4. The van der Waals surface area contributed by atoms with Crippen LogP contribution in [-0.2, 0) is 11.2 Å².